The van der Waals surface area contributed by atoms with E-state index in [4.69, 9.17) is 4.98 Å². The van der Waals surface area contributed by atoms with Crippen LogP contribution in [-0.2, 0) is 22.4 Å². The number of nitrogens with zero attached hydrogens (tertiary/aromatic N) is 2. The van der Waals surface area contributed by atoms with Gasteiger partial charge >= 0.3 is 5.97 Å². The summed E-state index contributed by atoms with van der Waals surface area (Å²) in [5.41, 5.74) is 3.09. The van der Waals surface area contributed by atoms with Crippen LogP contribution in [0, 0.1) is 0 Å². The number of rotatable bonds is 14. The highest BCUT2D eigenvalue weighted by molar-refractivity contribution is 5.88. The van der Waals surface area contributed by atoms with Gasteiger partial charge in [-0.25, -0.2) is 9.78 Å². The fourth-order valence-corrected chi connectivity index (χ4v) is 4.90. The zero-order chi connectivity index (χ0) is 25.3. The van der Waals surface area contributed by atoms with E-state index in [1.54, 1.807) is 24.3 Å². The van der Waals surface area contributed by atoms with Gasteiger partial charge < -0.3 is 25.7 Å². The third-order valence-corrected chi connectivity index (χ3v) is 7.16. The minimum absolute atomic E-state index is 0.336. The van der Waals surface area contributed by atoms with E-state index in [9.17, 15) is 19.8 Å². The lowest BCUT2D eigenvalue weighted by Gasteiger charge is -2.25. The number of aliphatic carboxylic acids is 1. The van der Waals surface area contributed by atoms with Gasteiger partial charge in [0, 0.05) is 24.8 Å². The molecule has 4 rings (SSSR count). The van der Waals surface area contributed by atoms with Crippen molar-refractivity contribution in [1.29, 1.82) is 0 Å². The molecule has 1 aromatic heterocycles. The van der Waals surface area contributed by atoms with Crippen LogP contribution in [0.3, 0.4) is 0 Å². The van der Waals surface area contributed by atoms with E-state index < -0.39 is 23.8 Å². The summed E-state index contributed by atoms with van der Waals surface area (Å²) in [4.78, 5) is 31.8. The normalized spacial score (nSPS) is 16.6. The second-order valence-corrected chi connectivity index (χ2v) is 9.90. The smallest absolute Gasteiger partial charge is 0.326 e. The Balaban J connectivity index is 1.24. The number of benzene rings is 1. The lowest BCUT2D eigenvalue weighted by Crippen LogP contribution is -2.45. The largest absolute Gasteiger partial charge is 0.480 e. The first-order chi connectivity index (χ1) is 17.5. The zero-order valence-corrected chi connectivity index (χ0v) is 20.9. The van der Waals surface area contributed by atoms with Crippen molar-refractivity contribution in [3.8, 4) is 0 Å². The Morgan fingerprint density at radius 3 is 2.64 bits per heavy atom. The molecule has 0 radical (unpaired) electrons. The number of fused-ring (bicyclic) bond motifs is 1. The van der Waals surface area contributed by atoms with Crippen molar-refractivity contribution >= 4 is 17.7 Å². The lowest BCUT2D eigenvalue weighted by molar-refractivity contribution is -0.142. The van der Waals surface area contributed by atoms with Gasteiger partial charge in [-0.05, 0) is 75.1 Å². The van der Waals surface area contributed by atoms with Crippen molar-refractivity contribution in [2.24, 2.45) is 0 Å². The van der Waals surface area contributed by atoms with Crippen molar-refractivity contribution in [3.63, 3.8) is 0 Å². The highest BCUT2D eigenvalue weighted by Crippen LogP contribution is 2.28. The van der Waals surface area contributed by atoms with Crippen LogP contribution in [0.4, 0.5) is 5.82 Å². The quantitative estimate of drug-likeness (QED) is 0.299. The summed E-state index contributed by atoms with van der Waals surface area (Å²) in [5.74, 6) is -1.24. The van der Waals surface area contributed by atoms with Crippen LogP contribution in [0.2, 0.25) is 0 Å². The topological polar surface area (TPSA) is 115 Å². The fourth-order valence-electron chi connectivity index (χ4n) is 4.90. The Kier molecular flexibility index (Phi) is 9.30. The van der Waals surface area contributed by atoms with Crippen molar-refractivity contribution < 1.29 is 19.8 Å². The third-order valence-electron chi connectivity index (χ3n) is 7.16. The number of unbranched alkanes of at least 4 members (excludes halogenated alkanes) is 1. The van der Waals surface area contributed by atoms with E-state index >= 15 is 0 Å². The summed E-state index contributed by atoms with van der Waals surface area (Å²) < 4.78 is 0. The van der Waals surface area contributed by atoms with Crippen LogP contribution < -0.4 is 10.6 Å². The van der Waals surface area contributed by atoms with Gasteiger partial charge in [0.05, 0.1) is 12.5 Å². The van der Waals surface area contributed by atoms with Crippen LogP contribution in [0.15, 0.2) is 42.5 Å². The number of amides is 1. The van der Waals surface area contributed by atoms with Gasteiger partial charge in [0.2, 0.25) is 5.91 Å². The van der Waals surface area contributed by atoms with Crippen molar-refractivity contribution in [3.05, 3.63) is 59.3 Å². The molecule has 8 nitrogen and oxygen atoms in total. The molecule has 0 unspecified atom stereocenters. The molecule has 2 aliphatic rings. The zero-order valence-electron chi connectivity index (χ0n) is 20.9. The molecule has 8 heteroatoms. The summed E-state index contributed by atoms with van der Waals surface area (Å²) in [6.45, 7) is 2.16. The number of aliphatic hydroxyl groups is 1. The van der Waals surface area contributed by atoms with E-state index in [1.807, 2.05) is 6.07 Å². The molecule has 1 aliphatic carbocycles. The number of hydrogen-bond acceptors (Lipinski definition) is 6. The molecular weight excluding hydrogens is 456 g/mol. The Labute approximate surface area is 213 Å². The number of carboxylic acid groups (broad SMARTS) is 1. The maximum Gasteiger partial charge on any atom is 0.326 e. The van der Waals surface area contributed by atoms with Crippen LogP contribution in [-0.4, -0.2) is 70.3 Å². The van der Waals surface area contributed by atoms with E-state index in [0.717, 1.165) is 69.5 Å². The molecule has 2 atom stereocenters. The molecule has 0 spiro atoms. The van der Waals surface area contributed by atoms with Gasteiger partial charge in [-0.3, -0.25) is 4.79 Å². The Bertz CT molecular complexity index is 1010. The summed E-state index contributed by atoms with van der Waals surface area (Å²) in [6.07, 6.45) is 7.86. The molecule has 2 heterocycles. The Morgan fingerprint density at radius 1 is 1.11 bits per heavy atom. The molecule has 1 saturated carbocycles. The molecule has 0 bridgehead atoms. The molecule has 1 amide bonds. The van der Waals surface area contributed by atoms with Gasteiger partial charge in [-0.1, -0.05) is 36.4 Å². The van der Waals surface area contributed by atoms with Crippen LogP contribution >= 0.6 is 0 Å². The fraction of sp³-hybridized carbons (Fsp3) is 0.536. The third kappa shape index (κ3) is 7.27. The molecule has 4 N–H and O–H groups in total. The standard InChI is InChI=1S/C28H38N4O4/c33-19-24(20-7-2-1-3-8-20)27(34)31-25(28(35)36)15-18-32(23-13-14-23)17-5-4-10-22-12-11-21-9-6-16-29-26(21)30-22/h1-3,7-8,11-12,23-25,33H,4-6,9-10,13-19H2,(H,29,30)(H,31,34)(H,35,36)/t24-,25+/m1/s1. The second-order valence-electron chi connectivity index (χ2n) is 9.90. The highest BCUT2D eigenvalue weighted by Gasteiger charge is 2.31. The average molecular weight is 495 g/mol. The van der Waals surface area contributed by atoms with Crippen molar-refractivity contribution in [2.75, 3.05) is 31.6 Å². The minimum atomic E-state index is -1.05. The van der Waals surface area contributed by atoms with Gasteiger partial charge in [0.25, 0.3) is 0 Å². The first kappa shape index (κ1) is 26.1. The number of carbonyl (C=O) groups is 2. The molecule has 36 heavy (non-hydrogen) atoms. The predicted molar refractivity (Wildman–Crippen MR) is 139 cm³/mol. The number of aromatic nitrogens is 1. The number of anilines is 1. The first-order valence-electron chi connectivity index (χ1n) is 13.2. The lowest BCUT2D eigenvalue weighted by atomic mass is 9.98. The second kappa shape index (κ2) is 12.8. The molecule has 0 saturated heterocycles. The molecule has 194 valence electrons. The first-order valence-corrected chi connectivity index (χ1v) is 13.2. The van der Waals surface area contributed by atoms with Gasteiger partial charge in [-0.2, -0.15) is 0 Å². The SMILES string of the molecule is O=C(O)[C@H](CCN(CCCCc1ccc2c(n1)NCCC2)C1CC1)NC(=O)[C@H](CO)c1ccccc1. The molecule has 1 fully saturated rings. The number of hydrogen-bond donors (Lipinski definition) is 4. The molecular formula is C28H38N4O4. The minimum Gasteiger partial charge on any atom is -0.480 e. The predicted octanol–water partition coefficient (Wildman–Crippen LogP) is 2.96. The van der Waals surface area contributed by atoms with E-state index in [-0.39, 0.29) is 6.61 Å². The number of carbonyl (C=O) groups excluding carboxylic acids is 1. The highest BCUT2D eigenvalue weighted by atomic mass is 16.4. The van der Waals surface area contributed by atoms with Gasteiger partial charge in [-0.15, -0.1) is 0 Å². The number of carboxylic acids is 1. The Hall–Kier alpha value is -2.97. The summed E-state index contributed by atoms with van der Waals surface area (Å²) in [6, 6.07) is 12.8. The van der Waals surface area contributed by atoms with Gasteiger partial charge in [0.15, 0.2) is 0 Å². The summed E-state index contributed by atoms with van der Waals surface area (Å²) in [5, 5.41) is 25.5. The monoisotopic (exact) mass is 494 g/mol. The number of aliphatic hydroxyl groups excluding tert-OH is 1. The van der Waals surface area contributed by atoms with E-state index in [0.29, 0.717) is 24.6 Å². The van der Waals surface area contributed by atoms with Crippen molar-refractivity contribution in [1.82, 2.24) is 15.2 Å². The number of pyridine rings is 1. The van der Waals surface area contributed by atoms with Crippen LogP contribution in [0.1, 0.15) is 61.3 Å². The molecule has 2 aromatic rings. The maximum absolute atomic E-state index is 12.8. The summed E-state index contributed by atoms with van der Waals surface area (Å²) in [7, 11) is 0. The van der Waals surface area contributed by atoms with Crippen molar-refractivity contribution in [2.45, 2.75) is 69.4 Å². The van der Waals surface area contributed by atoms with E-state index in [1.165, 1.54) is 5.56 Å². The molecule has 1 aromatic carbocycles. The molecule has 1 aliphatic heterocycles. The van der Waals surface area contributed by atoms with Crippen LogP contribution in [0.25, 0.3) is 0 Å². The number of aryl methyl sites for hydroxylation is 2. The number of nitrogens with one attached hydrogen (secondary N) is 2. The van der Waals surface area contributed by atoms with Gasteiger partial charge in [0.1, 0.15) is 11.9 Å². The van der Waals surface area contributed by atoms with Crippen LogP contribution in [0.5, 0.6) is 0 Å². The maximum atomic E-state index is 12.8. The summed E-state index contributed by atoms with van der Waals surface area (Å²) >= 11 is 0. The average Bonchev–Trinajstić information content (AvgIpc) is 3.74. The Morgan fingerprint density at radius 2 is 1.92 bits per heavy atom. The van der Waals surface area contributed by atoms with E-state index in [2.05, 4.69) is 27.7 Å².